The number of rotatable bonds is 1. The van der Waals surface area contributed by atoms with E-state index in [0.717, 1.165) is 0 Å². The van der Waals surface area contributed by atoms with Gasteiger partial charge in [-0.2, -0.15) is 0 Å². The second-order valence-electron chi connectivity index (χ2n) is 2.30. The molecule has 0 heterocycles. The molecule has 0 spiro atoms. The largest absolute Gasteiger partial charge is 0.322 e. The van der Waals surface area contributed by atoms with Gasteiger partial charge in [-0.3, -0.25) is 4.79 Å². The monoisotopic (exact) mass is 137 g/mol. The Morgan fingerprint density at radius 1 is 1.50 bits per heavy atom. The van der Waals surface area contributed by atoms with Crippen LogP contribution < -0.4 is 11.5 Å². The molecular formula is C7H9N2O. The van der Waals surface area contributed by atoms with E-state index in [4.69, 9.17) is 11.5 Å². The summed E-state index contributed by atoms with van der Waals surface area (Å²) >= 11 is 0. The number of allylic oxidation sites excluding steroid dienone is 2. The van der Waals surface area contributed by atoms with Crippen LogP contribution >= 0.6 is 0 Å². The maximum Gasteiger partial charge on any atom is 0.226 e. The molecule has 0 saturated carbocycles. The maximum absolute atomic E-state index is 10.3. The highest BCUT2D eigenvalue weighted by molar-refractivity contribution is 5.71. The van der Waals surface area contributed by atoms with E-state index < -0.39 is 11.6 Å². The zero-order valence-electron chi connectivity index (χ0n) is 5.45. The van der Waals surface area contributed by atoms with Crippen molar-refractivity contribution in [3.8, 4) is 0 Å². The number of nitrogens with two attached hydrogens (primary N) is 2. The van der Waals surface area contributed by atoms with Crippen LogP contribution in [-0.2, 0) is 4.79 Å². The second-order valence-corrected chi connectivity index (χ2v) is 2.30. The standard InChI is InChI=1S/C7H9N2O/c8-6-3-1-2-4-7(6,9)5-10/h1-4,6H,8-9H2. The fraction of sp³-hybridized carbons (Fsp3) is 0.286. The van der Waals surface area contributed by atoms with Crippen molar-refractivity contribution < 1.29 is 4.79 Å². The van der Waals surface area contributed by atoms with Gasteiger partial charge in [0.1, 0.15) is 5.54 Å². The van der Waals surface area contributed by atoms with E-state index in [9.17, 15) is 4.79 Å². The van der Waals surface area contributed by atoms with Crippen molar-refractivity contribution in [2.24, 2.45) is 11.5 Å². The highest BCUT2D eigenvalue weighted by atomic mass is 16.1. The van der Waals surface area contributed by atoms with Crippen LogP contribution in [0.1, 0.15) is 0 Å². The van der Waals surface area contributed by atoms with Gasteiger partial charge in [0.25, 0.3) is 0 Å². The van der Waals surface area contributed by atoms with Crippen LogP contribution in [0.15, 0.2) is 24.3 Å². The van der Waals surface area contributed by atoms with Gasteiger partial charge in [-0.1, -0.05) is 24.3 Å². The predicted octanol–water partition coefficient (Wildman–Crippen LogP) is -0.753. The molecule has 0 fully saturated rings. The molecule has 0 saturated heterocycles. The molecule has 53 valence electrons. The molecule has 1 aliphatic carbocycles. The van der Waals surface area contributed by atoms with E-state index in [1.807, 2.05) is 0 Å². The van der Waals surface area contributed by atoms with Gasteiger partial charge in [0.05, 0.1) is 6.04 Å². The maximum atomic E-state index is 10.3. The zero-order chi connectivity index (χ0) is 7.61. The van der Waals surface area contributed by atoms with Crippen LogP contribution in [0, 0.1) is 0 Å². The third-order valence-corrected chi connectivity index (χ3v) is 1.53. The predicted molar refractivity (Wildman–Crippen MR) is 38.9 cm³/mol. The molecule has 2 unspecified atom stereocenters. The first kappa shape index (κ1) is 7.18. The first-order chi connectivity index (χ1) is 4.69. The van der Waals surface area contributed by atoms with Gasteiger partial charge in [-0.15, -0.1) is 0 Å². The van der Waals surface area contributed by atoms with Crippen LogP contribution in [0.5, 0.6) is 0 Å². The Labute approximate surface area is 59.4 Å². The van der Waals surface area contributed by atoms with E-state index in [-0.39, 0.29) is 0 Å². The molecule has 4 N–H and O–H groups in total. The van der Waals surface area contributed by atoms with Crippen molar-refractivity contribution in [1.82, 2.24) is 0 Å². The summed E-state index contributed by atoms with van der Waals surface area (Å²) in [4.78, 5) is 10.3. The lowest BCUT2D eigenvalue weighted by Gasteiger charge is -2.24. The van der Waals surface area contributed by atoms with Gasteiger partial charge in [-0.25, -0.2) is 0 Å². The third kappa shape index (κ3) is 1.01. The Morgan fingerprint density at radius 3 is 2.60 bits per heavy atom. The summed E-state index contributed by atoms with van der Waals surface area (Å²) in [6.45, 7) is 0. The molecule has 1 radical (unpaired) electrons. The minimum atomic E-state index is -1.12. The highest BCUT2D eigenvalue weighted by Gasteiger charge is 2.29. The molecule has 10 heavy (non-hydrogen) atoms. The Morgan fingerprint density at radius 2 is 2.20 bits per heavy atom. The Kier molecular flexibility index (Phi) is 1.70. The van der Waals surface area contributed by atoms with E-state index in [2.05, 4.69) is 0 Å². The second kappa shape index (κ2) is 2.36. The summed E-state index contributed by atoms with van der Waals surface area (Å²) in [5.74, 6) is 0. The number of carbonyl (C=O) groups excluding carboxylic acids is 1. The SMILES string of the molecule is NC1C=CC=CC1(N)[C]=O. The van der Waals surface area contributed by atoms with E-state index in [0.29, 0.717) is 0 Å². The molecule has 1 rings (SSSR count). The van der Waals surface area contributed by atoms with Crippen molar-refractivity contribution in [2.45, 2.75) is 11.6 Å². The van der Waals surface area contributed by atoms with Crippen molar-refractivity contribution >= 4 is 6.29 Å². The van der Waals surface area contributed by atoms with Crippen LogP contribution in [0.25, 0.3) is 0 Å². The van der Waals surface area contributed by atoms with Gasteiger partial charge in [0.15, 0.2) is 0 Å². The normalized spacial score (nSPS) is 38.0. The van der Waals surface area contributed by atoms with Crippen molar-refractivity contribution in [3.05, 3.63) is 24.3 Å². The van der Waals surface area contributed by atoms with Gasteiger partial charge in [0, 0.05) is 0 Å². The van der Waals surface area contributed by atoms with Crippen LogP contribution in [-0.4, -0.2) is 17.9 Å². The Bertz CT molecular complexity index is 198. The van der Waals surface area contributed by atoms with E-state index >= 15 is 0 Å². The molecule has 0 aromatic carbocycles. The van der Waals surface area contributed by atoms with Crippen LogP contribution in [0.3, 0.4) is 0 Å². The molecule has 3 heteroatoms. The average Bonchev–Trinajstić information content (AvgIpc) is 1.96. The molecule has 0 aliphatic heterocycles. The molecule has 2 atom stereocenters. The van der Waals surface area contributed by atoms with Crippen molar-refractivity contribution in [1.29, 1.82) is 0 Å². The summed E-state index contributed by atoms with van der Waals surface area (Å²) in [7, 11) is 0. The minimum absolute atomic E-state index is 0.449. The quantitative estimate of drug-likeness (QED) is 0.499. The molecule has 0 aromatic heterocycles. The van der Waals surface area contributed by atoms with Gasteiger partial charge >= 0.3 is 0 Å². The summed E-state index contributed by atoms with van der Waals surface area (Å²) in [5, 5.41) is 0. The number of hydrogen-bond acceptors (Lipinski definition) is 3. The fourth-order valence-corrected chi connectivity index (χ4v) is 0.771. The molecule has 0 amide bonds. The first-order valence-electron chi connectivity index (χ1n) is 2.99. The first-order valence-corrected chi connectivity index (χ1v) is 2.99. The smallest absolute Gasteiger partial charge is 0.226 e. The van der Waals surface area contributed by atoms with E-state index in [1.54, 1.807) is 30.6 Å². The summed E-state index contributed by atoms with van der Waals surface area (Å²) in [6.07, 6.45) is 8.36. The topological polar surface area (TPSA) is 69.1 Å². The average molecular weight is 137 g/mol. The summed E-state index contributed by atoms with van der Waals surface area (Å²) in [5.41, 5.74) is 9.90. The lowest BCUT2D eigenvalue weighted by atomic mass is 9.90. The third-order valence-electron chi connectivity index (χ3n) is 1.53. The summed E-state index contributed by atoms with van der Waals surface area (Å²) < 4.78 is 0. The molecule has 0 bridgehead atoms. The molecule has 3 nitrogen and oxygen atoms in total. The zero-order valence-corrected chi connectivity index (χ0v) is 5.45. The van der Waals surface area contributed by atoms with Gasteiger partial charge in [-0.05, 0) is 0 Å². The fourth-order valence-electron chi connectivity index (χ4n) is 0.771. The Balaban J connectivity index is 2.87. The van der Waals surface area contributed by atoms with Crippen molar-refractivity contribution in [3.63, 3.8) is 0 Å². The molecule has 1 aliphatic rings. The Hall–Kier alpha value is -0.930. The van der Waals surface area contributed by atoms with E-state index in [1.165, 1.54) is 0 Å². The highest BCUT2D eigenvalue weighted by Crippen LogP contribution is 2.09. The van der Waals surface area contributed by atoms with Crippen LogP contribution in [0.2, 0.25) is 0 Å². The minimum Gasteiger partial charge on any atom is -0.322 e. The molecular weight excluding hydrogens is 128 g/mol. The van der Waals surface area contributed by atoms with Gasteiger partial charge < -0.3 is 11.5 Å². The van der Waals surface area contributed by atoms with Crippen LogP contribution in [0.4, 0.5) is 0 Å². The number of hydrogen-bond donors (Lipinski definition) is 2. The molecule has 0 aromatic rings. The lowest BCUT2D eigenvalue weighted by molar-refractivity contribution is 0.499. The lowest BCUT2D eigenvalue weighted by Crippen LogP contribution is -2.55. The summed E-state index contributed by atoms with van der Waals surface area (Å²) in [6, 6.07) is -0.449. The van der Waals surface area contributed by atoms with Gasteiger partial charge in [0.2, 0.25) is 6.29 Å². The van der Waals surface area contributed by atoms with Crippen molar-refractivity contribution in [2.75, 3.05) is 0 Å².